The quantitative estimate of drug-likeness (QED) is 0.153. The second-order valence-electron chi connectivity index (χ2n) is 6.24. The SMILES string of the molecule is NC(CCC(=O)O)C(=O)NC(Cc1cnc[nH]1)C(=O)NC(CO)C(=O)NCC(=O)O. The molecule has 0 saturated heterocycles. The molecule has 14 heteroatoms. The normalized spacial score (nSPS) is 13.5. The van der Waals surface area contributed by atoms with Crippen LogP contribution in [0.4, 0.5) is 0 Å². The number of aromatic nitrogens is 2. The third-order valence-electron chi connectivity index (χ3n) is 3.85. The van der Waals surface area contributed by atoms with Gasteiger partial charge in [-0.3, -0.25) is 24.0 Å². The van der Waals surface area contributed by atoms with E-state index in [4.69, 9.17) is 15.9 Å². The molecule has 0 radical (unpaired) electrons. The van der Waals surface area contributed by atoms with Crippen molar-refractivity contribution in [1.29, 1.82) is 0 Å². The summed E-state index contributed by atoms with van der Waals surface area (Å²) in [6.45, 7) is -1.53. The highest BCUT2D eigenvalue weighted by Gasteiger charge is 2.28. The van der Waals surface area contributed by atoms with Gasteiger partial charge < -0.3 is 42.0 Å². The van der Waals surface area contributed by atoms with Crippen LogP contribution in [0.15, 0.2) is 12.5 Å². The van der Waals surface area contributed by atoms with Crippen molar-refractivity contribution in [3.63, 3.8) is 0 Å². The van der Waals surface area contributed by atoms with Crippen molar-refractivity contribution in [2.45, 2.75) is 37.4 Å². The van der Waals surface area contributed by atoms with Gasteiger partial charge in [0, 0.05) is 24.7 Å². The average Bonchev–Trinajstić information content (AvgIpc) is 3.20. The van der Waals surface area contributed by atoms with Crippen molar-refractivity contribution in [2.24, 2.45) is 5.73 Å². The molecular formula is C16H24N6O8. The van der Waals surface area contributed by atoms with Crippen LogP contribution in [-0.4, -0.2) is 86.2 Å². The van der Waals surface area contributed by atoms with Crippen LogP contribution in [0.3, 0.4) is 0 Å². The van der Waals surface area contributed by atoms with E-state index in [1.807, 2.05) is 5.32 Å². The fourth-order valence-electron chi connectivity index (χ4n) is 2.27. The van der Waals surface area contributed by atoms with Crippen LogP contribution in [0.2, 0.25) is 0 Å². The number of H-pyrrole nitrogens is 1. The Bertz CT molecular complexity index is 753. The molecule has 0 aromatic carbocycles. The standard InChI is InChI=1S/C16H24N6O8/c17-9(1-2-12(24)25)14(28)21-10(3-8-4-18-7-20-8)16(30)22-11(6-23)15(29)19-5-13(26)27/h4,7,9-11,23H,1-3,5-6,17H2,(H,18,20)(H,19,29)(H,21,28)(H,22,30)(H,24,25)(H,26,27). The summed E-state index contributed by atoms with van der Waals surface area (Å²) >= 11 is 0. The number of aliphatic hydroxyl groups is 1. The summed E-state index contributed by atoms with van der Waals surface area (Å²) in [5.41, 5.74) is 6.11. The monoisotopic (exact) mass is 428 g/mol. The van der Waals surface area contributed by atoms with Gasteiger partial charge in [0.2, 0.25) is 17.7 Å². The zero-order chi connectivity index (χ0) is 22.7. The van der Waals surface area contributed by atoms with Crippen molar-refractivity contribution < 1.29 is 39.3 Å². The minimum absolute atomic E-state index is 0.0713. The second-order valence-corrected chi connectivity index (χ2v) is 6.24. The number of carbonyl (C=O) groups is 5. The molecule has 1 heterocycles. The molecule has 166 valence electrons. The Morgan fingerprint density at radius 2 is 1.70 bits per heavy atom. The van der Waals surface area contributed by atoms with Gasteiger partial charge in [-0.15, -0.1) is 0 Å². The highest BCUT2D eigenvalue weighted by atomic mass is 16.4. The summed E-state index contributed by atoms with van der Waals surface area (Å²) < 4.78 is 0. The molecule has 1 rings (SSSR count). The Morgan fingerprint density at radius 1 is 1.03 bits per heavy atom. The zero-order valence-corrected chi connectivity index (χ0v) is 15.8. The molecular weight excluding hydrogens is 404 g/mol. The number of nitrogens with one attached hydrogen (secondary N) is 4. The van der Waals surface area contributed by atoms with Gasteiger partial charge in [-0.05, 0) is 6.42 Å². The zero-order valence-electron chi connectivity index (χ0n) is 15.8. The predicted octanol–water partition coefficient (Wildman–Crippen LogP) is -3.69. The summed E-state index contributed by atoms with van der Waals surface area (Å²) in [6, 6.07) is -3.89. The van der Waals surface area contributed by atoms with E-state index in [2.05, 4.69) is 20.6 Å². The van der Waals surface area contributed by atoms with Gasteiger partial charge >= 0.3 is 11.9 Å². The van der Waals surface area contributed by atoms with Crippen molar-refractivity contribution in [3.8, 4) is 0 Å². The van der Waals surface area contributed by atoms with Crippen molar-refractivity contribution in [1.82, 2.24) is 25.9 Å². The second kappa shape index (κ2) is 12.1. The Kier molecular flexibility index (Phi) is 9.91. The summed E-state index contributed by atoms with van der Waals surface area (Å²) in [4.78, 5) is 64.4. The van der Waals surface area contributed by atoms with E-state index >= 15 is 0 Å². The number of aliphatic carboxylic acids is 2. The van der Waals surface area contributed by atoms with Gasteiger partial charge in [0.25, 0.3) is 0 Å². The molecule has 14 nitrogen and oxygen atoms in total. The molecule has 0 fully saturated rings. The first-order chi connectivity index (χ1) is 14.1. The number of nitrogens with two attached hydrogens (primary N) is 1. The summed E-state index contributed by atoms with van der Waals surface area (Å²) in [5, 5.41) is 33.2. The molecule has 3 atom stereocenters. The van der Waals surface area contributed by atoms with E-state index in [9.17, 15) is 29.1 Å². The number of hydrogen-bond donors (Lipinski definition) is 8. The van der Waals surface area contributed by atoms with E-state index in [-0.39, 0.29) is 19.3 Å². The van der Waals surface area contributed by atoms with Gasteiger partial charge in [-0.25, -0.2) is 4.98 Å². The van der Waals surface area contributed by atoms with Crippen LogP contribution in [0.25, 0.3) is 0 Å². The molecule has 0 spiro atoms. The molecule has 3 amide bonds. The van der Waals surface area contributed by atoms with Gasteiger partial charge in [0.15, 0.2) is 0 Å². The number of carbonyl (C=O) groups excluding carboxylic acids is 3. The molecule has 1 aromatic heterocycles. The number of aromatic amines is 1. The lowest BCUT2D eigenvalue weighted by atomic mass is 10.1. The maximum Gasteiger partial charge on any atom is 0.322 e. The van der Waals surface area contributed by atoms with Crippen LogP contribution < -0.4 is 21.7 Å². The number of aliphatic hydroxyl groups excluding tert-OH is 1. The Morgan fingerprint density at radius 3 is 2.23 bits per heavy atom. The lowest BCUT2D eigenvalue weighted by molar-refractivity contribution is -0.139. The van der Waals surface area contributed by atoms with E-state index in [0.717, 1.165) is 0 Å². The molecule has 9 N–H and O–H groups in total. The van der Waals surface area contributed by atoms with Crippen LogP contribution in [0.5, 0.6) is 0 Å². The molecule has 3 unspecified atom stereocenters. The lowest BCUT2D eigenvalue weighted by Crippen LogP contribution is -2.57. The topological polar surface area (TPSA) is 237 Å². The van der Waals surface area contributed by atoms with E-state index in [1.165, 1.54) is 12.5 Å². The Hall–Kier alpha value is -3.52. The highest BCUT2D eigenvalue weighted by molar-refractivity contribution is 5.93. The predicted molar refractivity (Wildman–Crippen MR) is 98.7 cm³/mol. The number of amides is 3. The maximum atomic E-state index is 12.6. The number of carboxylic acid groups (broad SMARTS) is 2. The summed E-state index contributed by atoms with van der Waals surface area (Å²) in [5.74, 6) is -5.02. The fraction of sp³-hybridized carbons (Fsp3) is 0.500. The van der Waals surface area contributed by atoms with Crippen LogP contribution >= 0.6 is 0 Å². The highest BCUT2D eigenvalue weighted by Crippen LogP contribution is 2.02. The largest absolute Gasteiger partial charge is 0.481 e. The smallest absolute Gasteiger partial charge is 0.322 e. The number of imidazole rings is 1. The molecule has 0 aliphatic rings. The van der Waals surface area contributed by atoms with Crippen molar-refractivity contribution in [2.75, 3.05) is 13.2 Å². The van der Waals surface area contributed by atoms with E-state index in [1.54, 1.807) is 0 Å². The number of rotatable bonds is 13. The number of hydrogen-bond acceptors (Lipinski definition) is 8. The van der Waals surface area contributed by atoms with Gasteiger partial charge in [0.05, 0.1) is 19.0 Å². The average molecular weight is 428 g/mol. The molecule has 0 aliphatic carbocycles. The van der Waals surface area contributed by atoms with Gasteiger partial charge in [-0.1, -0.05) is 0 Å². The number of carboxylic acids is 2. The maximum absolute atomic E-state index is 12.6. The van der Waals surface area contributed by atoms with Gasteiger partial charge in [0.1, 0.15) is 18.6 Å². The first kappa shape index (κ1) is 24.5. The fourth-order valence-corrected chi connectivity index (χ4v) is 2.27. The number of nitrogens with zero attached hydrogens (tertiary/aromatic N) is 1. The van der Waals surface area contributed by atoms with Crippen LogP contribution in [-0.2, 0) is 30.4 Å². The van der Waals surface area contributed by atoms with Crippen molar-refractivity contribution in [3.05, 3.63) is 18.2 Å². The summed E-state index contributed by atoms with van der Waals surface area (Å²) in [6.07, 6.45) is 2.18. The van der Waals surface area contributed by atoms with Crippen molar-refractivity contribution >= 4 is 29.7 Å². The molecule has 0 bridgehead atoms. The minimum Gasteiger partial charge on any atom is -0.481 e. The lowest BCUT2D eigenvalue weighted by Gasteiger charge is -2.23. The Labute approximate surface area is 170 Å². The third kappa shape index (κ3) is 8.66. The minimum atomic E-state index is -1.46. The molecule has 30 heavy (non-hydrogen) atoms. The van der Waals surface area contributed by atoms with E-state index < -0.39 is 60.9 Å². The third-order valence-corrected chi connectivity index (χ3v) is 3.85. The van der Waals surface area contributed by atoms with E-state index in [0.29, 0.717) is 5.69 Å². The summed E-state index contributed by atoms with van der Waals surface area (Å²) in [7, 11) is 0. The molecule has 0 aliphatic heterocycles. The molecule has 1 aromatic rings. The first-order valence-electron chi connectivity index (χ1n) is 8.79. The van der Waals surface area contributed by atoms with Crippen LogP contribution in [0.1, 0.15) is 18.5 Å². The first-order valence-corrected chi connectivity index (χ1v) is 8.79. The Balaban J connectivity index is 2.83. The van der Waals surface area contributed by atoms with Gasteiger partial charge in [-0.2, -0.15) is 0 Å². The molecule has 0 saturated carbocycles. The van der Waals surface area contributed by atoms with Crippen LogP contribution in [0, 0.1) is 0 Å².